The lowest BCUT2D eigenvalue weighted by molar-refractivity contribution is 0.0753. The van der Waals surface area contributed by atoms with Crippen LogP contribution in [0, 0.1) is 17.5 Å². The molecule has 28 heavy (non-hydrogen) atoms. The van der Waals surface area contributed by atoms with Crippen molar-refractivity contribution in [2.75, 3.05) is 33.6 Å². The molecule has 5 nitrogen and oxygen atoms in total. The van der Waals surface area contributed by atoms with Gasteiger partial charge in [0.1, 0.15) is 5.37 Å². The van der Waals surface area contributed by atoms with Crippen LogP contribution in [-0.2, 0) is 0 Å². The van der Waals surface area contributed by atoms with Crippen molar-refractivity contribution in [3.05, 3.63) is 52.8 Å². The molecule has 0 N–H and O–H groups in total. The Morgan fingerprint density at radius 3 is 2.39 bits per heavy atom. The van der Waals surface area contributed by atoms with E-state index in [2.05, 4.69) is 4.74 Å². The van der Waals surface area contributed by atoms with Gasteiger partial charge in [-0.25, -0.2) is 8.78 Å². The minimum Gasteiger partial charge on any atom is -0.493 e. The normalized spacial score (nSPS) is 16.2. The molecule has 1 aliphatic heterocycles. The molecule has 1 atom stereocenters. The molecule has 0 aromatic heterocycles. The summed E-state index contributed by atoms with van der Waals surface area (Å²) >= 11 is 1.47. The summed E-state index contributed by atoms with van der Waals surface area (Å²) < 4.78 is 57.1. The Bertz CT molecular complexity index is 909. The number of carbonyl (C=O) groups excluding carboxylic acids is 1. The van der Waals surface area contributed by atoms with Gasteiger partial charge in [-0.15, -0.1) is 11.8 Å². The number of hydrogen-bond donors (Lipinski definition) is 0. The van der Waals surface area contributed by atoms with Gasteiger partial charge in [0.25, 0.3) is 5.91 Å². The third-order valence-corrected chi connectivity index (χ3v) is 5.66. The Labute approximate surface area is 164 Å². The standard InChI is InChI=1S/C19H18F3NO4S/c1-25-13-5-4-10(8-14(13)26-2)19-23(6-7-28-19)18(24)11-9-12(20)16(22)17(27-3)15(11)21/h4-5,8-9,19H,6-7H2,1-3H3. The highest BCUT2D eigenvalue weighted by atomic mass is 32.2. The molecule has 1 saturated heterocycles. The second kappa shape index (κ2) is 8.22. The van der Waals surface area contributed by atoms with E-state index in [1.807, 2.05) is 0 Å². The van der Waals surface area contributed by atoms with Gasteiger partial charge in [-0.2, -0.15) is 4.39 Å². The van der Waals surface area contributed by atoms with Gasteiger partial charge < -0.3 is 19.1 Å². The molecule has 2 aromatic carbocycles. The molecule has 0 aliphatic carbocycles. The van der Waals surface area contributed by atoms with Crippen LogP contribution in [0.4, 0.5) is 13.2 Å². The fourth-order valence-electron chi connectivity index (χ4n) is 3.03. The Kier molecular flexibility index (Phi) is 5.93. The molecular formula is C19H18F3NO4S. The molecule has 0 bridgehead atoms. The maximum absolute atomic E-state index is 14.5. The number of benzene rings is 2. The minimum atomic E-state index is -1.47. The van der Waals surface area contributed by atoms with Crippen LogP contribution in [-0.4, -0.2) is 44.4 Å². The maximum atomic E-state index is 14.5. The largest absolute Gasteiger partial charge is 0.493 e. The number of halogens is 3. The van der Waals surface area contributed by atoms with E-state index < -0.39 is 40.0 Å². The summed E-state index contributed by atoms with van der Waals surface area (Å²) in [4.78, 5) is 14.3. The number of amides is 1. The second-order valence-electron chi connectivity index (χ2n) is 5.90. The highest BCUT2D eigenvalue weighted by molar-refractivity contribution is 7.99. The van der Waals surface area contributed by atoms with Crippen molar-refractivity contribution in [3.63, 3.8) is 0 Å². The van der Waals surface area contributed by atoms with E-state index in [1.165, 1.54) is 30.9 Å². The molecule has 9 heteroatoms. The van der Waals surface area contributed by atoms with Crippen molar-refractivity contribution in [1.82, 2.24) is 4.90 Å². The summed E-state index contributed by atoms with van der Waals surface area (Å²) in [5.74, 6) is -4.09. The first-order chi connectivity index (χ1) is 13.4. The van der Waals surface area contributed by atoms with Crippen molar-refractivity contribution in [2.24, 2.45) is 0 Å². The molecule has 1 amide bonds. The molecule has 1 heterocycles. The first kappa shape index (κ1) is 20.2. The van der Waals surface area contributed by atoms with Crippen LogP contribution in [0.2, 0.25) is 0 Å². The first-order valence-electron chi connectivity index (χ1n) is 8.28. The fourth-order valence-corrected chi connectivity index (χ4v) is 4.28. The predicted molar refractivity (Wildman–Crippen MR) is 98.6 cm³/mol. The Morgan fingerprint density at radius 2 is 1.75 bits per heavy atom. The van der Waals surface area contributed by atoms with Crippen molar-refractivity contribution >= 4 is 17.7 Å². The number of thioether (sulfide) groups is 1. The summed E-state index contributed by atoms with van der Waals surface area (Å²) in [5, 5.41) is -0.439. The van der Waals surface area contributed by atoms with Crippen molar-refractivity contribution in [3.8, 4) is 17.2 Å². The zero-order valence-electron chi connectivity index (χ0n) is 15.4. The lowest BCUT2D eigenvalue weighted by atomic mass is 10.1. The van der Waals surface area contributed by atoms with Crippen LogP contribution in [0.5, 0.6) is 17.2 Å². The van der Waals surface area contributed by atoms with Gasteiger partial charge >= 0.3 is 0 Å². The molecule has 1 fully saturated rings. The highest BCUT2D eigenvalue weighted by Gasteiger charge is 2.35. The fraction of sp³-hybridized carbons (Fsp3) is 0.316. The molecule has 2 aromatic rings. The molecule has 0 spiro atoms. The number of hydrogen-bond acceptors (Lipinski definition) is 5. The van der Waals surface area contributed by atoms with Crippen LogP contribution < -0.4 is 14.2 Å². The van der Waals surface area contributed by atoms with E-state index in [0.717, 1.165) is 12.7 Å². The molecule has 0 radical (unpaired) electrons. The number of nitrogens with zero attached hydrogens (tertiary/aromatic N) is 1. The second-order valence-corrected chi connectivity index (χ2v) is 7.09. The molecule has 1 aliphatic rings. The minimum absolute atomic E-state index is 0.323. The Balaban J connectivity index is 1.98. The summed E-state index contributed by atoms with van der Waals surface area (Å²) in [7, 11) is 4.01. The van der Waals surface area contributed by atoms with Crippen LogP contribution in [0.3, 0.4) is 0 Å². The van der Waals surface area contributed by atoms with Crippen LogP contribution >= 0.6 is 11.8 Å². The topological polar surface area (TPSA) is 48.0 Å². The van der Waals surface area contributed by atoms with Crippen molar-refractivity contribution in [1.29, 1.82) is 0 Å². The van der Waals surface area contributed by atoms with E-state index in [-0.39, 0.29) is 0 Å². The van der Waals surface area contributed by atoms with Gasteiger partial charge in [0.15, 0.2) is 28.9 Å². The maximum Gasteiger partial charge on any atom is 0.258 e. The molecular weight excluding hydrogens is 395 g/mol. The first-order valence-corrected chi connectivity index (χ1v) is 9.33. The van der Waals surface area contributed by atoms with E-state index in [0.29, 0.717) is 29.9 Å². The summed E-state index contributed by atoms with van der Waals surface area (Å²) in [6.07, 6.45) is 0. The van der Waals surface area contributed by atoms with Gasteiger partial charge in [-0.3, -0.25) is 4.79 Å². The third kappa shape index (κ3) is 3.46. The van der Waals surface area contributed by atoms with E-state index in [4.69, 9.17) is 9.47 Å². The van der Waals surface area contributed by atoms with Crippen LogP contribution in [0.25, 0.3) is 0 Å². The van der Waals surface area contributed by atoms with Crippen molar-refractivity contribution in [2.45, 2.75) is 5.37 Å². The highest BCUT2D eigenvalue weighted by Crippen LogP contribution is 2.42. The predicted octanol–water partition coefficient (Wildman–Crippen LogP) is 4.02. The number of methoxy groups -OCH3 is 3. The van der Waals surface area contributed by atoms with Gasteiger partial charge in [0.05, 0.1) is 26.9 Å². The SMILES string of the molecule is COc1ccc(C2SCCN2C(=O)c2cc(F)c(F)c(OC)c2F)cc1OC. The zero-order valence-corrected chi connectivity index (χ0v) is 16.2. The van der Waals surface area contributed by atoms with E-state index >= 15 is 0 Å². The average molecular weight is 413 g/mol. The monoisotopic (exact) mass is 413 g/mol. The van der Waals surface area contributed by atoms with E-state index in [9.17, 15) is 18.0 Å². The van der Waals surface area contributed by atoms with Gasteiger partial charge in [0.2, 0.25) is 5.82 Å². The average Bonchev–Trinajstić information content (AvgIpc) is 3.20. The Morgan fingerprint density at radius 1 is 1.04 bits per heavy atom. The molecule has 1 unspecified atom stereocenters. The van der Waals surface area contributed by atoms with E-state index in [1.54, 1.807) is 18.2 Å². The number of carbonyl (C=O) groups is 1. The zero-order chi connectivity index (χ0) is 20.4. The molecule has 0 saturated carbocycles. The molecule has 3 rings (SSSR count). The number of rotatable bonds is 5. The van der Waals surface area contributed by atoms with Crippen LogP contribution in [0.15, 0.2) is 24.3 Å². The molecule has 150 valence electrons. The van der Waals surface area contributed by atoms with Crippen LogP contribution in [0.1, 0.15) is 21.3 Å². The quantitative estimate of drug-likeness (QED) is 0.693. The smallest absolute Gasteiger partial charge is 0.258 e. The van der Waals surface area contributed by atoms with Gasteiger partial charge in [-0.1, -0.05) is 6.07 Å². The van der Waals surface area contributed by atoms with Crippen molar-refractivity contribution < 1.29 is 32.2 Å². The summed E-state index contributed by atoms with van der Waals surface area (Å²) in [6.45, 7) is 0.323. The summed E-state index contributed by atoms with van der Waals surface area (Å²) in [5.41, 5.74) is 0.159. The number of ether oxygens (including phenoxy) is 3. The lowest BCUT2D eigenvalue weighted by Crippen LogP contribution is -2.31. The third-order valence-electron chi connectivity index (χ3n) is 4.40. The Hall–Kier alpha value is -2.55. The van der Waals surface area contributed by atoms with Gasteiger partial charge in [0, 0.05) is 12.3 Å². The lowest BCUT2D eigenvalue weighted by Gasteiger charge is -2.25. The summed E-state index contributed by atoms with van der Waals surface area (Å²) in [6, 6.07) is 5.76. The van der Waals surface area contributed by atoms with Gasteiger partial charge in [-0.05, 0) is 23.8 Å².